The summed E-state index contributed by atoms with van der Waals surface area (Å²) in [5.74, 6) is -1.09. The summed E-state index contributed by atoms with van der Waals surface area (Å²) in [6.45, 7) is 5.15. The number of carbonyl (C=O) groups is 2. The Kier molecular flexibility index (Phi) is 4.91. The molecule has 0 saturated heterocycles. The number of amides is 1. The van der Waals surface area contributed by atoms with Crippen LogP contribution in [0, 0.1) is 0 Å². The lowest BCUT2D eigenvalue weighted by molar-refractivity contribution is -0.139. The Morgan fingerprint density at radius 1 is 1.53 bits per heavy atom. The largest absolute Gasteiger partial charge is 0.480 e. The Balaban J connectivity index is 2.49. The van der Waals surface area contributed by atoms with Gasteiger partial charge in [0.05, 0.1) is 6.33 Å². The lowest BCUT2D eigenvalue weighted by Crippen LogP contribution is -2.43. The van der Waals surface area contributed by atoms with Gasteiger partial charge in [-0.2, -0.15) is 0 Å². The second-order valence-electron chi connectivity index (χ2n) is 5.15. The third-order valence-corrected chi connectivity index (χ3v) is 2.25. The van der Waals surface area contributed by atoms with Gasteiger partial charge in [0.15, 0.2) is 0 Å². The molecule has 0 aliphatic heterocycles. The molecule has 0 aromatic carbocycles. The summed E-state index contributed by atoms with van der Waals surface area (Å²) in [7, 11) is 0. The average Bonchev–Trinajstić information content (AvgIpc) is 2.73. The lowest BCUT2D eigenvalue weighted by Gasteiger charge is -2.21. The first-order valence-electron chi connectivity index (χ1n) is 5.97. The fourth-order valence-corrected chi connectivity index (χ4v) is 1.43. The van der Waals surface area contributed by atoms with E-state index in [9.17, 15) is 9.59 Å². The van der Waals surface area contributed by atoms with Crippen molar-refractivity contribution in [2.24, 2.45) is 0 Å². The predicted molar refractivity (Wildman–Crippen MR) is 67.7 cm³/mol. The van der Waals surface area contributed by atoms with Crippen LogP contribution in [0.15, 0.2) is 12.5 Å². The van der Waals surface area contributed by atoms with E-state index in [4.69, 9.17) is 9.84 Å². The maximum absolute atomic E-state index is 11.5. The van der Waals surface area contributed by atoms with Gasteiger partial charge in [-0.05, 0) is 33.6 Å². The van der Waals surface area contributed by atoms with Crippen molar-refractivity contribution in [1.29, 1.82) is 0 Å². The van der Waals surface area contributed by atoms with Crippen LogP contribution in [0.25, 0.3) is 0 Å². The molecular formula is C12H19N3O4. The quantitative estimate of drug-likeness (QED) is 0.747. The monoisotopic (exact) mass is 269 g/mol. The third kappa shape index (κ3) is 5.89. The molecule has 0 aliphatic rings. The van der Waals surface area contributed by atoms with Crippen molar-refractivity contribution in [3.8, 4) is 0 Å². The fraction of sp³-hybridized carbons (Fsp3) is 0.583. The number of imidazole rings is 1. The van der Waals surface area contributed by atoms with E-state index >= 15 is 0 Å². The topological polar surface area (TPSA) is 104 Å². The summed E-state index contributed by atoms with van der Waals surface area (Å²) in [5.41, 5.74) is 0.161. The molecule has 1 rings (SSSR count). The second kappa shape index (κ2) is 6.21. The number of hydrogen-bond acceptors (Lipinski definition) is 4. The SMILES string of the molecule is CC(C)(C)OC(=O)N[C@@H](CCc1cnc[nH]1)C(=O)O. The molecule has 3 N–H and O–H groups in total. The molecular weight excluding hydrogens is 250 g/mol. The van der Waals surface area contributed by atoms with Crippen LogP contribution in [-0.2, 0) is 16.0 Å². The molecule has 0 radical (unpaired) electrons. The summed E-state index contributed by atoms with van der Waals surface area (Å²) < 4.78 is 5.02. The van der Waals surface area contributed by atoms with E-state index in [-0.39, 0.29) is 6.42 Å². The molecule has 7 heteroatoms. The number of rotatable bonds is 5. The van der Waals surface area contributed by atoms with E-state index in [1.54, 1.807) is 27.0 Å². The average molecular weight is 269 g/mol. The van der Waals surface area contributed by atoms with E-state index < -0.39 is 23.7 Å². The zero-order valence-electron chi connectivity index (χ0n) is 11.3. The van der Waals surface area contributed by atoms with Crippen molar-refractivity contribution in [2.45, 2.75) is 45.3 Å². The van der Waals surface area contributed by atoms with Crippen LogP contribution in [0.3, 0.4) is 0 Å². The van der Waals surface area contributed by atoms with Crippen molar-refractivity contribution < 1.29 is 19.4 Å². The molecule has 0 saturated carbocycles. The second-order valence-corrected chi connectivity index (χ2v) is 5.15. The fourth-order valence-electron chi connectivity index (χ4n) is 1.43. The van der Waals surface area contributed by atoms with Crippen molar-refractivity contribution in [2.75, 3.05) is 0 Å². The number of carbonyl (C=O) groups excluding carboxylic acids is 1. The number of aromatic amines is 1. The minimum absolute atomic E-state index is 0.261. The highest BCUT2D eigenvalue weighted by molar-refractivity contribution is 5.79. The van der Waals surface area contributed by atoms with Crippen molar-refractivity contribution in [3.63, 3.8) is 0 Å². The van der Waals surface area contributed by atoms with Gasteiger partial charge in [-0.15, -0.1) is 0 Å². The normalized spacial score (nSPS) is 12.8. The number of H-pyrrole nitrogens is 1. The molecule has 106 valence electrons. The number of nitrogens with one attached hydrogen (secondary N) is 2. The minimum atomic E-state index is -1.09. The number of nitrogens with zero attached hydrogens (tertiary/aromatic N) is 1. The number of alkyl carbamates (subject to hydrolysis) is 1. The summed E-state index contributed by atoms with van der Waals surface area (Å²) in [5, 5.41) is 11.4. The number of ether oxygens (including phenoxy) is 1. The van der Waals surface area contributed by atoms with Gasteiger partial charge >= 0.3 is 12.1 Å². The third-order valence-electron chi connectivity index (χ3n) is 2.25. The van der Waals surface area contributed by atoms with Crippen LogP contribution < -0.4 is 5.32 Å². The summed E-state index contributed by atoms with van der Waals surface area (Å²) >= 11 is 0. The van der Waals surface area contributed by atoms with Crippen LogP contribution in [-0.4, -0.2) is 38.8 Å². The zero-order chi connectivity index (χ0) is 14.5. The number of aromatic nitrogens is 2. The first-order chi connectivity index (χ1) is 8.78. The molecule has 1 heterocycles. The standard InChI is InChI=1S/C12H19N3O4/c1-12(2,3)19-11(18)15-9(10(16)17)5-4-8-6-13-7-14-8/h6-7,9H,4-5H2,1-3H3,(H,13,14)(H,15,18)(H,16,17)/t9-/m0/s1. The number of aliphatic carboxylic acids is 1. The Morgan fingerprint density at radius 2 is 2.21 bits per heavy atom. The first-order valence-corrected chi connectivity index (χ1v) is 5.97. The molecule has 0 unspecified atom stereocenters. The van der Waals surface area contributed by atoms with E-state index in [0.717, 1.165) is 5.69 Å². The molecule has 0 spiro atoms. The molecule has 0 bridgehead atoms. The van der Waals surface area contributed by atoms with Crippen molar-refractivity contribution >= 4 is 12.1 Å². The van der Waals surface area contributed by atoms with Gasteiger partial charge in [0.2, 0.25) is 0 Å². The number of hydrogen-bond donors (Lipinski definition) is 3. The van der Waals surface area contributed by atoms with Crippen LogP contribution in [0.2, 0.25) is 0 Å². The molecule has 19 heavy (non-hydrogen) atoms. The predicted octanol–water partition coefficient (Wildman–Crippen LogP) is 1.32. The van der Waals surface area contributed by atoms with Crippen LogP contribution >= 0.6 is 0 Å². The van der Waals surface area contributed by atoms with E-state index in [1.165, 1.54) is 6.33 Å². The van der Waals surface area contributed by atoms with E-state index in [0.29, 0.717) is 6.42 Å². The van der Waals surface area contributed by atoms with Gasteiger partial charge in [-0.1, -0.05) is 0 Å². The maximum atomic E-state index is 11.5. The summed E-state index contributed by atoms with van der Waals surface area (Å²) in [6, 6.07) is -0.988. The van der Waals surface area contributed by atoms with Gasteiger partial charge in [-0.25, -0.2) is 14.6 Å². The minimum Gasteiger partial charge on any atom is -0.480 e. The number of aryl methyl sites for hydroxylation is 1. The van der Waals surface area contributed by atoms with Gasteiger partial charge < -0.3 is 20.1 Å². The maximum Gasteiger partial charge on any atom is 0.408 e. The number of carboxylic acid groups (broad SMARTS) is 1. The van der Waals surface area contributed by atoms with Gasteiger partial charge in [0.1, 0.15) is 11.6 Å². The summed E-state index contributed by atoms with van der Waals surface area (Å²) in [4.78, 5) is 29.3. The smallest absolute Gasteiger partial charge is 0.408 e. The highest BCUT2D eigenvalue weighted by Crippen LogP contribution is 2.08. The van der Waals surface area contributed by atoms with Crippen LogP contribution in [0.1, 0.15) is 32.9 Å². The first kappa shape index (κ1) is 15.0. The Bertz CT molecular complexity index is 423. The van der Waals surface area contributed by atoms with Crippen molar-refractivity contribution in [3.05, 3.63) is 18.2 Å². The molecule has 1 aromatic heterocycles. The van der Waals surface area contributed by atoms with E-state index in [2.05, 4.69) is 15.3 Å². The molecule has 1 aromatic rings. The van der Waals surface area contributed by atoms with E-state index in [1.807, 2.05) is 0 Å². The van der Waals surface area contributed by atoms with Crippen LogP contribution in [0.4, 0.5) is 4.79 Å². The highest BCUT2D eigenvalue weighted by atomic mass is 16.6. The molecule has 0 fully saturated rings. The van der Waals surface area contributed by atoms with Crippen molar-refractivity contribution in [1.82, 2.24) is 15.3 Å². The number of carboxylic acids is 1. The van der Waals surface area contributed by atoms with Gasteiger partial charge in [-0.3, -0.25) is 0 Å². The van der Waals surface area contributed by atoms with Crippen LogP contribution in [0.5, 0.6) is 0 Å². The highest BCUT2D eigenvalue weighted by Gasteiger charge is 2.23. The lowest BCUT2D eigenvalue weighted by atomic mass is 10.1. The molecule has 7 nitrogen and oxygen atoms in total. The van der Waals surface area contributed by atoms with Gasteiger partial charge in [0, 0.05) is 11.9 Å². The molecule has 1 amide bonds. The Morgan fingerprint density at radius 3 is 2.68 bits per heavy atom. The molecule has 0 aliphatic carbocycles. The molecule has 1 atom stereocenters. The Hall–Kier alpha value is -2.05. The summed E-state index contributed by atoms with van der Waals surface area (Å²) in [6.07, 6.45) is 3.15. The zero-order valence-corrected chi connectivity index (χ0v) is 11.3. The Labute approximate surface area is 111 Å². The van der Waals surface area contributed by atoms with Gasteiger partial charge in [0.25, 0.3) is 0 Å².